The average molecular weight is 354 g/mol. The Morgan fingerprint density at radius 2 is 1.83 bits per heavy atom. The molecule has 1 aliphatic carbocycles. The summed E-state index contributed by atoms with van der Waals surface area (Å²) in [6.07, 6.45) is 4.33. The van der Waals surface area contributed by atoms with Gasteiger partial charge in [0.1, 0.15) is 5.82 Å². The fraction of sp³-hybridized carbons (Fsp3) is 0.588. The van der Waals surface area contributed by atoms with E-state index in [0.29, 0.717) is 25.6 Å². The van der Waals surface area contributed by atoms with Crippen LogP contribution in [-0.4, -0.2) is 44.5 Å². The largest absolute Gasteiger partial charge is 0.355 e. The first kappa shape index (κ1) is 17.4. The molecule has 1 saturated carbocycles. The fourth-order valence-corrected chi connectivity index (χ4v) is 4.27. The Morgan fingerprint density at radius 1 is 1.25 bits per heavy atom. The molecule has 0 spiro atoms. The van der Waals surface area contributed by atoms with Crippen LogP contribution in [0.3, 0.4) is 0 Å². The molecular formula is C17H23FN2O3S. The van der Waals surface area contributed by atoms with E-state index in [9.17, 15) is 17.6 Å². The summed E-state index contributed by atoms with van der Waals surface area (Å²) in [4.78, 5) is 12.6. The van der Waals surface area contributed by atoms with Gasteiger partial charge in [-0.2, -0.15) is 0 Å². The van der Waals surface area contributed by atoms with Gasteiger partial charge < -0.3 is 5.32 Å². The topological polar surface area (TPSA) is 66.5 Å². The Bertz CT molecular complexity index is 706. The highest BCUT2D eigenvalue weighted by atomic mass is 32.2. The van der Waals surface area contributed by atoms with Crippen LogP contribution in [0.15, 0.2) is 24.3 Å². The highest BCUT2D eigenvalue weighted by Crippen LogP contribution is 2.48. The van der Waals surface area contributed by atoms with Crippen LogP contribution in [0, 0.1) is 11.7 Å². The van der Waals surface area contributed by atoms with Gasteiger partial charge in [0, 0.05) is 19.6 Å². The van der Waals surface area contributed by atoms with E-state index >= 15 is 0 Å². The number of piperidine rings is 1. The molecule has 2 fully saturated rings. The van der Waals surface area contributed by atoms with Crippen LogP contribution >= 0.6 is 0 Å². The van der Waals surface area contributed by atoms with Gasteiger partial charge >= 0.3 is 0 Å². The van der Waals surface area contributed by atoms with Gasteiger partial charge in [0.2, 0.25) is 15.9 Å². The quantitative estimate of drug-likeness (QED) is 0.874. The van der Waals surface area contributed by atoms with Crippen molar-refractivity contribution < 1.29 is 17.6 Å². The van der Waals surface area contributed by atoms with Crippen molar-refractivity contribution >= 4 is 15.9 Å². The molecule has 1 aliphatic heterocycles. The second-order valence-electron chi connectivity index (χ2n) is 6.90. The van der Waals surface area contributed by atoms with Crippen molar-refractivity contribution in [1.82, 2.24) is 9.62 Å². The van der Waals surface area contributed by atoms with Crippen molar-refractivity contribution in [3.8, 4) is 0 Å². The molecule has 0 bridgehead atoms. The van der Waals surface area contributed by atoms with Gasteiger partial charge in [-0.1, -0.05) is 12.1 Å². The number of benzene rings is 1. The van der Waals surface area contributed by atoms with Gasteiger partial charge in [-0.25, -0.2) is 17.1 Å². The number of carbonyl (C=O) groups is 1. The first-order valence-electron chi connectivity index (χ1n) is 8.31. The number of hydrogen-bond donors (Lipinski definition) is 1. The maximum absolute atomic E-state index is 13.1. The molecule has 0 aromatic heterocycles. The summed E-state index contributed by atoms with van der Waals surface area (Å²) in [6, 6.07) is 6.16. The molecule has 1 saturated heterocycles. The predicted molar refractivity (Wildman–Crippen MR) is 89.5 cm³/mol. The highest BCUT2D eigenvalue weighted by Gasteiger charge is 2.51. The molecule has 24 heavy (non-hydrogen) atoms. The molecule has 1 aromatic rings. The monoisotopic (exact) mass is 354 g/mol. The molecule has 3 rings (SSSR count). The van der Waals surface area contributed by atoms with E-state index in [1.54, 1.807) is 12.1 Å². The number of nitrogens with zero attached hydrogens (tertiary/aromatic N) is 1. The molecule has 2 aliphatic rings. The summed E-state index contributed by atoms with van der Waals surface area (Å²) in [6.45, 7) is 1.60. The summed E-state index contributed by atoms with van der Waals surface area (Å²) >= 11 is 0. The molecule has 0 unspecified atom stereocenters. The van der Waals surface area contributed by atoms with E-state index in [-0.39, 0.29) is 11.7 Å². The van der Waals surface area contributed by atoms with E-state index in [0.717, 1.165) is 31.2 Å². The highest BCUT2D eigenvalue weighted by molar-refractivity contribution is 7.88. The average Bonchev–Trinajstić information content (AvgIpc) is 3.34. The van der Waals surface area contributed by atoms with Gasteiger partial charge in [0.15, 0.2) is 0 Å². The Morgan fingerprint density at radius 3 is 2.33 bits per heavy atom. The number of carbonyl (C=O) groups excluding carboxylic acids is 1. The van der Waals surface area contributed by atoms with E-state index in [1.165, 1.54) is 22.7 Å². The van der Waals surface area contributed by atoms with E-state index in [4.69, 9.17) is 0 Å². The van der Waals surface area contributed by atoms with Gasteiger partial charge in [0.05, 0.1) is 11.7 Å². The van der Waals surface area contributed by atoms with Crippen molar-refractivity contribution in [2.45, 2.75) is 31.1 Å². The lowest BCUT2D eigenvalue weighted by Crippen LogP contribution is -2.43. The van der Waals surface area contributed by atoms with E-state index in [1.807, 2.05) is 0 Å². The summed E-state index contributed by atoms with van der Waals surface area (Å²) in [5.74, 6) is 0.00298. The van der Waals surface area contributed by atoms with Crippen LogP contribution in [0.4, 0.5) is 4.39 Å². The minimum Gasteiger partial charge on any atom is -0.355 e. The summed E-state index contributed by atoms with van der Waals surface area (Å²) in [5.41, 5.74) is 0.370. The molecule has 132 valence electrons. The van der Waals surface area contributed by atoms with Gasteiger partial charge in [0.25, 0.3) is 0 Å². The number of rotatable bonds is 5. The first-order valence-corrected chi connectivity index (χ1v) is 10.2. The van der Waals surface area contributed by atoms with Crippen molar-refractivity contribution in [2.24, 2.45) is 5.92 Å². The third-order valence-corrected chi connectivity index (χ3v) is 6.48. The minimum atomic E-state index is -3.12. The second kappa shape index (κ2) is 6.44. The lowest BCUT2D eigenvalue weighted by atomic mass is 9.93. The molecule has 5 nitrogen and oxygen atoms in total. The molecule has 0 atom stereocenters. The van der Waals surface area contributed by atoms with Crippen LogP contribution in [0.2, 0.25) is 0 Å². The van der Waals surface area contributed by atoms with Crippen molar-refractivity contribution in [3.63, 3.8) is 0 Å². The van der Waals surface area contributed by atoms with Crippen molar-refractivity contribution in [3.05, 3.63) is 35.6 Å². The zero-order valence-electron chi connectivity index (χ0n) is 13.8. The molecule has 7 heteroatoms. The van der Waals surface area contributed by atoms with Gasteiger partial charge in [-0.15, -0.1) is 0 Å². The zero-order chi connectivity index (χ0) is 17.4. The first-order chi connectivity index (χ1) is 11.3. The molecule has 1 heterocycles. The fourth-order valence-electron chi connectivity index (χ4n) is 3.39. The Kier molecular flexibility index (Phi) is 4.66. The summed E-state index contributed by atoms with van der Waals surface area (Å²) in [7, 11) is -3.12. The van der Waals surface area contributed by atoms with E-state index in [2.05, 4.69) is 5.32 Å². The van der Waals surface area contributed by atoms with Crippen LogP contribution in [0.25, 0.3) is 0 Å². The van der Waals surface area contributed by atoms with Crippen LogP contribution < -0.4 is 5.32 Å². The Hall–Kier alpha value is -1.47. The molecule has 1 aromatic carbocycles. The lowest BCUT2D eigenvalue weighted by Gasteiger charge is -2.30. The third-order valence-electron chi connectivity index (χ3n) is 5.18. The van der Waals surface area contributed by atoms with Crippen molar-refractivity contribution in [2.75, 3.05) is 25.9 Å². The van der Waals surface area contributed by atoms with Gasteiger partial charge in [-0.3, -0.25) is 4.79 Å². The molecule has 0 radical (unpaired) electrons. The Labute approximate surface area is 142 Å². The van der Waals surface area contributed by atoms with Crippen LogP contribution in [0.1, 0.15) is 31.2 Å². The van der Waals surface area contributed by atoms with Gasteiger partial charge in [-0.05, 0) is 49.3 Å². The summed E-state index contributed by atoms with van der Waals surface area (Å²) in [5, 5.41) is 3.02. The number of nitrogens with one attached hydrogen (secondary N) is 1. The van der Waals surface area contributed by atoms with Crippen LogP contribution in [0.5, 0.6) is 0 Å². The summed E-state index contributed by atoms with van der Waals surface area (Å²) < 4.78 is 37.6. The lowest BCUT2D eigenvalue weighted by molar-refractivity contribution is -0.123. The normalized spacial score (nSPS) is 21.4. The maximum atomic E-state index is 13.1. The molecular weight excluding hydrogens is 331 g/mol. The zero-order valence-corrected chi connectivity index (χ0v) is 14.6. The van der Waals surface area contributed by atoms with Crippen molar-refractivity contribution in [1.29, 1.82) is 0 Å². The molecule has 1 amide bonds. The number of sulfonamides is 1. The number of halogens is 1. The standard InChI is InChI=1S/C17H23FN2O3S/c1-24(22,23)20-10-6-13(7-11-20)12-19-16(21)17(8-9-17)14-2-4-15(18)5-3-14/h2-5,13H,6-12H2,1H3,(H,19,21). The maximum Gasteiger partial charge on any atom is 0.230 e. The van der Waals surface area contributed by atoms with Crippen LogP contribution in [-0.2, 0) is 20.2 Å². The SMILES string of the molecule is CS(=O)(=O)N1CCC(CNC(=O)C2(c3ccc(F)cc3)CC2)CC1. The second-order valence-corrected chi connectivity index (χ2v) is 8.89. The Balaban J connectivity index is 1.52. The minimum absolute atomic E-state index is 0.000323. The predicted octanol–water partition coefficient (Wildman–Crippen LogP) is 1.65. The molecule has 1 N–H and O–H groups in total. The number of hydrogen-bond acceptors (Lipinski definition) is 3. The number of amides is 1. The third kappa shape index (κ3) is 3.62. The smallest absolute Gasteiger partial charge is 0.230 e. The van der Waals surface area contributed by atoms with E-state index < -0.39 is 15.4 Å².